The van der Waals surface area contributed by atoms with Crippen LogP contribution in [0.1, 0.15) is 0 Å². The first-order valence-corrected chi connectivity index (χ1v) is 7.08. The number of carbonyl (C=O) groups is 1. The lowest BCUT2D eigenvalue weighted by Gasteiger charge is -2.32. The molecule has 0 aromatic heterocycles. The van der Waals surface area contributed by atoms with Crippen LogP contribution in [0.5, 0.6) is 5.75 Å². The van der Waals surface area contributed by atoms with Crippen LogP contribution in [0.25, 0.3) is 11.1 Å². The Balaban J connectivity index is 2.24. The van der Waals surface area contributed by atoms with E-state index in [1.54, 1.807) is 0 Å². The summed E-state index contributed by atoms with van der Waals surface area (Å²) in [6, 6.07) is 2.36. The molecule has 0 fully saturated rings. The van der Waals surface area contributed by atoms with E-state index in [4.69, 9.17) is 6.42 Å². The second kappa shape index (κ2) is 6.19. The highest BCUT2D eigenvalue weighted by Gasteiger charge is 2.50. The molecule has 1 aliphatic heterocycles. The fraction of sp³-hybridized carbons (Fsp3) is 0.118. The number of nitrogens with zero attached hydrogens (tertiary/aromatic N) is 1. The Hall–Kier alpha value is -3.22. The lowest BCUT2D eigenvalue weighted by molar-refractivity contribution is -0.192. The van der Waals surface area contributed by atoms with Crippen LogP contribution >= 0.6 is 0 Å². The number of carbonyl (C=O) groups excluding carboxylic acids is 1. The van der Waals surface area contributed by atoms with Gasteiger partial charge in [-0.1, -0.05) is 12.0 Å². The topological polar surface area (TPSA) is 29.5 Å². The van der Waals surface area contributed by atoms with Gasteiger partial charge in [0.25, 0.3) is 0 Å². The van der Waals surface area contributed by atoms with Crippen LogP contribution in [0.15, 0.2) is 18.2 Å². The lowest BCUT2D eigenvalue weighted by atomic mass is 10.0. The van der Waals surface area contributed by atoms with Gasteiger partial charge in [-0.3, -0.25) is 9.69 Å². The van der Waals surface area contributed by atoms with Crippen LogP contribution in [0.2, 0.25) is 0 Å². The van der Waals surface area contributed by atoms with Gasteiger partial charge in [-0.15, -0.1) is 6.42 Å². The number of ether oxygens (including phenoxy) is 1. The van der Waals surface area contributed by atoms with E-state index in [-0.39, 0.29) is 0 Å². The Bertz CT molecular complexity index is 984. The predicted octanol–water partition coefficient (Wildman–Crippen LogP) is 4.00. The number of terminal acetylenes is 1. The molecule has 10 heteroatoms. The van der Waals surface area contributed by atoms with Gasteiger partial charge >= 0.3 is 12.0 Å². The molecule has 140 valence electrons. The largest absolute Gasteiger partial charge is 0.483 e. The number of fused-ring (bicyclic) bond motifs is 1. The maximum absolute atomic E-state index is 14.0. The van der Waals surface area contributed by atoms with E-state index in [0.717, 1.165) is 18.2 Å². The van der Waals surface area contributed by atoms with Crippen molar-refractivity contribution in [2.24, 2.45) is 0 Å². The second-order valence-electron chi connectivity index (χ2n) is 5.34. The summed E-state index contributed by atoms with van der Waals surface area (Å²) >= 11 is 0. The molecule has 0 saturated carbocycles. The van der Waals surface area contributed by atoms with Gasteiger partial charge < -0.3 is 4.74 Å². The number of halogens is 7. The first-order chi connectivity index (χ1) is 12.6. The minimum Gasteiger partial charge on any atom is -0.423 e. The highest BCUT2D eigenvalue weighted by Crippen LogP contribution is 2.42. The van der Waals surface area contributed by atoms with Crippen LogP contribution in [0, 0.1) is 41.4 Å². The summed E-state index contributed by atoms with van der Waals surface area (Å²) in [6.45, 7) is -0.647. The van der Waals surface area contributed by atoms with Crippen molar-refractivity contribution in [3.8, 4) is 29.2 Å². The van der Waals surface area contributed by atoms with Crippen molar-refractivity contribution in [3.63, 3.8) is 0 Å². The molecule has 1 aliphatic rings. The number of benzene rings is 2. The number of anilines is 1. The molecule has 0 radical (unpaired) electrons. The molecule has 0 unspecified atom stereocenters. The van der Waals surface area contributed by atoms with Crippen LogP contribution < -0.4 is 9.64 Å². The smallest absolute Gasteiger partial charge is 0.423 e. The summed E-state index contributed by atoms with van der Waals surface area (Å²) in [7, 11) is 0. The normalized spacial score (nSPS) is 15.2. The Morgan fingerprint density at radius 3 is 2.11 bits per heavy atom. The minimum absolute atomic E-state index is 0.397. The molecule has 0 aliphatic carbocycles. The van der Waals surface area contributed by atoms with Crippen molar-refractivity contribution in [1.82, 2.24) is 0 Å². The van der Waals surface area contributed by atoms with Gasteiger partial charge in [-0.2, -0.15) is 8.78 Å². The van der Waals surface area contributed by atoms with Gasteiger partial charge in [0.05, 0.1) is 17.8 Å². The third-order valence-corrected chi connectivity index (χ3v) is 3.73. The lowest BCUT2D eigenvalue weighted by Crippen LogP contribution is -2.50. The SMILES string of the molecule is C#CCN1C(=O)C(F)(F)Oc2ccc(-c3c(F)c(F)c(F)c(F)c3F)cc21. The fourth-order valence-corrected chi connectivity index (χ4v) is 2.53. The quantitative estimate of drug-likeness (QED) is 0.336. The molecule has 0 spiro atoms. The first kappa shape index (κ1) is 18.6. The van der Waals surface area contributed by atoms with Crippen LogP contribution in [-0.2, 0) is 4.79 Å². The first-order valence-electron chi connectivity index (χ1n) is 7.08. The molecule has 0 bridgehead atoms. The van der Waals surface area contributed by atoms with E-state index in [1.165, 1.54) is 0 Å². The second-order valence-corrected chi connectivity index (χ2v) is 5.34. The number of rotatable bonds is 2. The molecule has 1 heterocycles. The Morgan fingerprint density at radius 2 is 1.56 bits per heavy atom. The van der Waals surface area contributed by atoms with Gasteiger partial charge in [0, 0.05) is 0 Å². The summed E-state index contributed by atoms with van der Waals surface area (Å²) in [6.07, 6.45) is 0.791. The van der Waals surface area contributed by atoms with Gasteiger partial charge in [-0.25, -0.2) is 22.0 Å². The average molecular weight is 389 g/mol. The van der Waals surface area contributed by atoms with Crippen molar-refractivity contribution >= 4 is 11.6 Å². The van der Waals surface area contributed by atoms with Gasteiger partial charge in [0.1, 0.15) is 0 Å². The molecule has 2 aromatic carbocycles. The van der Waals surface area contributed by atoms with Gasteiger partial charge in [0.15, 0.2) is 29.0 Å². The number of hydrogen-bond donors (Lipinski definition) is 0. The summed E-state index contributed by atoms with van der Waals surface area (Å²) in [5.74, 6) is -11.4. The van der Waals surface area contributed by atoms with Crippen molar-refractivity contribution in [2.45, 2.75) is 6.11 Å². The van der Waals surface area contributed by atoms with E-state index in [2.05, 4.69) is 4.74 Å². The Labute approximate surface area is 147 Å². The Morgan fingerprint density at radius 1 is 1.00 bits per heavy atom. The number of alkyl halides is 2. The van der Waals surface area contributed by atoms with Gasteiger partial charge in [-0.05, 0) is 17.7 Å². The summed E-state index contributed by atoms with van der Waals surface area (Å²) < 4.78 is 99.4. The van der Waals surface area contributed by atoms with E-state index in [0.29, 0.717) is 4.90 Å². The average Bonchev–Trinajstić information content (AvgIpc) is 2.62. The zero-order chi connectivity index (χ0) is 20.1. The van der Waals surface area contributed by atoms with Crippen molar-refractivity contribution < 1.29 is 40.3 Å². The molecule has 0 atom stereocenters. The maximum atomic E-state index is 14.0. The summed E-state index contributed by atoms with van der Waals surface area (Å²) in [4.78, 5) is 12.2. The monoisotopic (exact) mass is 389 g/mol. The number of hydrogen-bond acceptors (Lipinski definition) is 2. The standard InChI is InChI=1S/C17H6F7NO2/c1-2-5-25-8-6-7(3-4-9(8)27-17(23,24)16(25)26)10-11(18)13(20)15(22)14(21)12(10)19/h1,3-4,6H,5H2. The molecule has 3 rings (SSSR count). The molecule has 0 N–H and O–H groups in total. The molecule has 1 amide bonds. The van der Waals surface area contributed by atoms with Crippen LogP contribution in [0.3, 0.4) is 0 Å². The van der Waals surface area contributed by atoms with E-state index in [1.807, 2.05) is 5.92 Å². The van der Waals surface area contributed by atoms with Crippen molar-refractivity contribution in [2.75, 3.05) is 11.4 Å². The molecule has 0 saturated heterocycles. The summed E-state index contributed by atoms with van der Waals surface area (Å²) in [5.41, 5.74) is -2.27. The van der Waals surface area contributed by atoms with Crippen molar-refractivity contribution in [1.29, 1.82) is 0 Å². The summed E-state index contributed by atoms with van der Waals surface area (Å²) in [5, 5.41) is 0. The van der Waals surface area contributed by atoms with E-state index < -0.39 is 70.2 Å². The van der Waals surface area contributed by atoms with E-state index in [9.17, 15) is 35.5 Å². The maximum Gasteiger partial charge on any atom is 0.483 e. The van der Waals surface area contributed by atoms with E-state index >= 15 is 0 Å². The molecular weight excluding hydrogens is 383 g/mol. The minimum atomic E-state index is -4.24. The van der Waals surface area contributed by atoms with Crippen molar-refractivity contribution in [3.05, 3.63) is 47.3 Å². The molecular formula is C17H6F7NO2. The highest BCUT2D eigenvalue weighted by atomic mass is 19.3. The zero-order valence-electron chi connectivity index (χ0n) is 12.9. The number of amides is 1. The van der Waals surface area contributed by atoms with Crippen LogP contribution in [-0.4, -0.2) is 18.6 Å². The molecule has 27 heavy (non-hydrogen) atoms. The zero-order valence-corrected chi connectivity index (χ0v) is 12.9. The van der Waals surface area contributed by atoms with Crippen LogP contribution in [0.4, 0.5) is 36.4 Å². The Kier molecular flexibility index (Phi) is 4.26. The fourth-order valence-electron chi connectivity index (χ4n) is 2.53. The molecule has 3 nitrogen and oxygen atoms in total. The third kappa shape index (κ3) is 2.75. The highest BCUT2D eigenvalue weighted by molar-refractivity contribution is 6.01. The third-order valence-electron chi connectivity index (χ3n) is 3.73. The molecule has 2 aromatic rings. The predicted molar refractivity (Wildman–Crippen MR) is 78.4 cm³/mol. The van der Waals surface area contributed by atoms with Gasteiger partial charge in [0.2, 0.25) is 5.82 Å².